The molecule has 1 aromatic heterocycles. The number of carboxylic acids is 1. The van der Waals surface area contributed by atoms with Crippen molar-refractivity contribution in [2.45, 2.75) is 38.6 Å². The minimum Gasteiger partial charge on any atom is -0.507 e. The molecule has 2 aliphatic heterocycles. The highest BCUT2D eigenvalue weighted by Crippen LogP contribution is 2.21. The number of rotatable bonds is 3. The van der Waals surface area contributed by atoms with Crippen molar-refractivity contribution >= 4 is 11.9 Å². The van der Waals surface area contributed by atoms with E-state index in [4.69, 9.17) is 0 Å². The fraction of sp³-hybridized carbons (Fsp3) is 0.611. The molecule has 2 N–H and O–H groups in total. The highest BCUT2D eigenvalue weighted by Gasteiger charge is 2.26. The highest BCUT2D eigenvalue weighted by molar-refractivity contribution is 5.92. The van der Waals surface area contributed by atoms with Crippen LogP contribution in [0.3, 0.4) is 0 Å². The molecule has 0 spiro atoms. The van der Waals surface area contributed by atoms with Crippen LogP contribution in [0.15, 0.2) is 10.9 Å². The van der Waals surface area contributed by atoms with Crippen LogP contribution in [0.25, 0.3) is 0 Å². The average Bonchev–Trinajstić information content (AvgIpc) is 2.95. The topological polar surface area (TPSA) is 103 Å². The van der Waals surface area contributed by atoms with Gasteiger partial charge in [-0.3, -0.25) is 14.5 Å². The minimum absolute atomic E-state index is 0.00820. The first-order valence-electron chi connectivity index (χ1n) is 9.16. The fourth-order valence-electron chi connectivity index (χ4n) is 3.83. The van der Waals surface area contributed by atoms with Crippen LogP contribution in [0.4, 0.5) is 0 Å². The molecule has 1 fully saturated rings. The third-order valence-corrected chi connectivity index (χ3v) is 5.23. The van der Waals surface area contributed by atoms with E-state index in [1.54, 1.807) is 4.90 Å². The van der Waals surface area contributed by atoms with Crippen molar-refractivity contribution in [1.82, 2.24) is 14.4 Å². The second-order valence-corrected chi connectivity index (χ2v) is 6.97. The van der Waals surface area contributed by atoms with Crippen molar-refractivity contribution < 1.29 is 19.8 Å². The van der Waals surface area contributed by atoms with Crippen molar-refractivity contribution in [1.29, 1.82) is 0 Å². The molecular formula is C18H25N3O5. The standard InChI is InChI=1S/C18H25N3O5/c22-14-11-15(23)21-10-9-20(8-5-13(21)17(14)18(25)26)16(24)12-19-6-3-1-2-4-7-19/h11,22H,1-10,12H2,(H,25,26). The van der Waals surface area contributed by atoms with E-state index in [1.165, 1.54) is 17.4 Å². The van der Waals surface area contributed by atoms with Gasteiger partial charge in [-0.05, 0) is 25.9 Å². The first kappa shape index (κ1) is 18.4. The van der Waals surface area contributed by atoms with Gasteiger partial charge in [-0.15, -0.1) is 0 Å². The van der Waals surface area contributed by atoms with Crippen LogP contribution in [-0.4, -0.2) is 69.2 Å². The number of hydrogen-bond donors (Lipinski definition) is 2. The Kier molecular flexibility index (Phi) is 5.61. The molecule has 3 rings (SSSR count). The van der Waals surface area contributed by atoms with Gasteiger partial charge in [0.1, 0.15) is 11.3 Å². The molecule has 1 aromatic rings. The average molecular weight is 363 g/mol. The van der Waals surface area contributed by atoms with E-state index < -0.39 is 17.3 Å². The molecule has 0 aromatic carbocycles. The molecule has 0 aliphatic carbocycles. The van der Waals surface area contributed by atoms with Crippen molar-refractivity contribution in [3.63, 3.8) is 0 Å². The Bertz CT molecular complexity index is 750. The lowest BCUT2D eigenvalue weighted by Crippen LogP contribution is -2.42. The highest BCUT2D eigenvalue weighted by atomic mass is 16.4. The molecule has 0 atom stereocenters. The van der Waals surface area contributed by atoms with Gasteiger partial charge in [-0.2, -0.15) is 0 Å². The number of carboxylic acid groups (broad SMARTS) is 1. The van der Waals surface area contributed by atoms with Crippen LogP contribution in [-0.2, 0) is 17.8 Å². The number of amides is 1. The number of aromatic hydroxyl groups is 1. The van der Waals surface area contributed by atoms with Gasteiger partial charge in [0, 0.05) is 37.8 Å². The molecular weight excluding hydrogens is 338 g/mol. The third kappa shape index (κ3) is 3.90. The van der Waals surface area contributed by atoms with Gasteiger partial charge < -0.3 is 19.7 Å². The molecule has 0 radical (unpaired) electrons. The van der Waals surface area contributed by atoms with Crippen LogP contribution >= 0.6 is 0 Å². The first-order valence-corrected chi connectivity index (χ1v) is 9.16. The predicted octanol–water partition coefficient (Wildman–Crippen LogP) is 0.513. The first-order chi connectivity index (χ1) is 12.5. The monoisotopic (exact) mass is 363 g/mol. The lowest BCUT2D eigenvalue weighted by molar-refractivity contribution is -0.132. The van der Waals surface area contributed by atoms with Crippen LogP contribution in [0.2, 0.25) is 0 Å². The van der Waals surface area contributed by atoms with Gasteiger partial charge in [0.05, 0.1) is 6.54 Å². The summed E-state index contributed by atoms with van der Waals surface area (Å²) in [5, 5.41) is 19.2. The number of fused-ring (bicyclic) bond motifs is 1. The number of hydrogen-bond acceptors (Lipinski definition) is 5. The quantitative estimate of drug-likeness (QED) is 0.811. The summed E-state index contributed by atoms with van der Waals surface area (Å²) in [6, 6.07) is 0.932. The number of carbonyl (C=O) groups excluding carboxylic acids is 1. The summed E-state index contributed by atoms with van der Waals surface area (Å²) in [6.07, 6.45) is 4.85. The van der Waals surface area contributed by atoms with E-state index >= 15 is 0 Å². The lowest BCUT2D eigenvalue weighted by Gasteiger charge is -2.25. The fourth-order valence-corrected chi connectivity index (χ4v) is 3.83. The number of aromatic nitrogens is 1. The zero-order valence-corrected chi connectivity index (χ0v) is 14.8. The Morgan fingerprint density at radius 2 is 1.69 bits per heavy atom. The summed E-state index contributed by atoms with van der Waals surface area (Å²) in [4.78, 5) is 40.2. The molecule has 3 heterocycles. The molecule has 1 saturated heterocycles. The Morgan fingerprint density at radius 1 is 1.00 bits per heavy atom. The molecule has 8 heteroatoms. The van der Waals surface area contributed by atoms with Gasteiger partial charge in [-0.25, -0.2) is 4.79 Å². The molecule has 0 saturated carbocycles. The largest absolute Gasteiger partial charge is 0.507 e. The number of nitrogens with zero attached hydrogens (tertiary/aromatic N) is 3. The number of aromatic carboxylic acids is 1. The molecule has 2 aliphatic rings. The molecule has 26 heavy (non-hydrogen) atoms. The molecule has 1 amide bonds. The maximum Gasteiger partial charge on any atom is 0.341 e. The van der Waals surface area contributed by atoms with Crippen LogP contribution in [0.5, 0.6) is 5.75 Å². The maximum atomic E-state index is 12.7. The van der Waals surface area contributed by atoms with Gasteiger partial charge in [0.15, 0.2) is 0 Å². The summed E-state index contributed by atoms with van der Waals surface area (Å²) in [7, 11) is 0. The van der Waals surface area contributed by atoms with E-state index in [9.17, 15) is 24.6 Å². The SMILES string of the molecule is O=C(O)c1c(O)cc(=O)n2c1CCN(C(=O)CN1CCCCCC1)CC2. The maximum absolute atomic E-state index is 12.7. The lowest BCUT2D eigenvalue weighted by atomic mass is 10.1. The van der Waals surface area contributed by atoms with Crippen molar-refractivity contribution in [3.8, 4) is 5.75 Å². The minimum atomic E-state index is -1.27. The smallest absolute Gasteiger partial charge is 0.341 e. The van der Waals surface area contributed by atoms with Crippen molar-refractivity contribution in [2.24, 2.45) is 0 Å². The molecule has 8 nitrogen and oxygen atoms in total. The van der Waals surface area contributed by atoms with Gasteiger partial charge in [0.25, 0.3) is 5.56 Å². The molecule has 0 bridgehead atoms. The van der Waals surface area contributed by atoms with E-state index in [0.29, 0.717) is 19.6 Å². The third-order valence-electron chi connectivity index (χ3n) is 5.23. The second-order valence-electron chi connectivity index (χ2n) is 6.97. The molecule has 0 unspecified atom stereocenters. The van der Waals surface area contributed by atoms with Crippen LogP contribution < -0.4 is 5.56 Å². The zero-order valence-electron chi connectivity index (χ0n) is 14.8. The summed E-state index contributed by atoms with van der Waals surface area (Å²) in [6.45, 7) is 3.16. The Labute approximate surface area is 151 Å². The summed E-state index contributed by atoms with van der Waals surface area (Å²) >= 11 is 0. The van der Waals surface area contributed by atoms with E-state index in [2.05, 4.69) is 4.90 Å². The van der Waals surface area contributed by atoms with Gasteiger partial charge >= 0.3 is 5.97 Å². The molecule has 142 valence electrons. The predicted molar refractivity (Wildman–Crippen MR) is 94.5 cm³/mol. The number of likely N-dealkylation sites (tertiary alicyclic amines) is 1. The van der Waals surface area contributed by atoms with E-state index in [0.717, 1.165) is 32.0 Å². The summed E-state index contributed by atoms with van der Waals surface area (Å²) in [5.74, 6) is -1.78. The van der Waals surface area contributed by atoms with Crippen molar-refractivity contribution in [3.05, 3.63) is 27.7 Å². The second kappa shape index (κ2) is 7.90. The van der Waals surface area contributed by atoms with Crippen LogP contribution in [0.1, 0.15) is 41.7 Å². The Hall–Kier alpha value is -2.35. The Balaban J connectivity index is 1.74. The normalized spacial score (nSPS) is 18.7. The van der Waals surface area contributed by atoms with Crippen LogP contribution in [0, 0.1) is 0 Å². The van der Waals surface area contributed by atoms with Gasteiger partial charge in [0.2, 0.25) is 5.91 Å². The van der Waals surface area contributed by atoms with Gasteiger partial charge in [-0.1, -0.05) is 12.8 Å². The van der Waals surface area contributed by atoms with E-state index in [-0.39, 0.29) is 30.1 Å². The summed E-state index contributed by atoms with van der Waals surface area (Å²) in [5.41, 5.74) is -0.400. The van der Waals surface area contributed by atoms with E-state index in [1.807, 2.05) is 0 Å². The number of carbonyl (C=O) groups is 2. The zero-order chi connectivity index (χ0) is 18.7. The summed E-state index contributed by atoms with van der Waals surface area (Å²) < 4.78 is 1.36. The number of pyridine rings is 1. The van der Waals surface area contributed by atoms with Crippen molar-refractivity contribution in [2.75, 3.05) is 32.7 Å². The Morgan fingerprint density at radius 3 is 2.35 bits per heavy atom.